The van der Waals surface area contributed by atoms with E-state index in [4.69, 9.17) is 0 Å². The monoisotopic (exact) mass is 313 g/mol. The maximum absolute atomic E-state index is 12.1. The molecule has 0 aromatic heterocycles. The van der Waals surface area contributed by atoms with Gasteiger partial charge in [-0.15, -0.1) is 0 Å². The zero-order chi connectivity index (χ0) is 13.1. The van der Waals surface area contributed by atoms with E-state index in [2.05, 4.69) is 21.2 Å². The number of nitrogens with one attached hydrogen (secondary N) is 1. The molecule has 98 valence electrons. The Labute approximate surface area is 114 Å². The molecule has 1 aliphatic carbocycles. The Kier molecular flexibility index (Phi) is 4.11. The van der Waals surface area contributed by atoms with E-state index in [1.165, 1.54) is 18.2 Å². The molecule has 0 saturated heterocycles. The lowest BCUT2D eigenvalue weighted by Gasteiger charge is -2.19. The molecule has 0 bridgehead atoms. The number of aromatic hydroxyl groups is 2. The molecule has 1 saturated carbocycles. The van der Waals surface area contributed by atoms with Crippen molar-refractivity contribution in [1.29, 1.82) is 0 Å². The number of benzene rings is 1. The van der Waals surface area contributed by atoms with Crippen molar-refractivity contribution < 1.29 is 15.0 Å². The Morgan fingerprint density at radius 3 is 2.61 bits per heavy atom. The summed E-state index contributed by atoms with van der Waals surface area (Å²) in [5.74, 6) is -0.382. The highest BCUT2D eigenvalue weighted by Gasteiger charge is 2.29. The Morgan fingerprint density at radius 1 is 1.33 bits per heavy atom. The molecule has 0 spiro atoms. The largest absolute Gasteiger partial charge is 0.507 e. The fraction of sp³-hybridized carbons (Fsp3) is 0.462. The van der Waals surface area contributed by atoms with Crippen molar-refractivity contribution in [3.63, 3.8) is 0 Å². The lowest BCUT2D eigenvalue weighted by Crippen LogP contribution is -2.37. The van der Waals surface area contributed by atoms with Crippen molar-refractivity contribution in [3.8, 4) is 11.5 Å². The van der Waals surface area contributed by atoms with E-state index in [-0.39, 0.29) is 23.1 Å². The van der Waals surface area contributed by atoms with Crippen LogP contribution >= 0.6 is 15.9 Å². The summed E-state index contributed by atoms with van der Waals surface area (Å²) in [6.45, 7) is 0. The van der Waals surface area contributed by atoms with Crippen LogP contribution < -0.4 is 5.32 Å². The lowest BCUT2D eigenvalue weighted by molar-refractivity contribution is 0.0924. The normalized spacial score (nSPS) is 22.9. The molecule has 2 rings (SSSR count). The van der Waals surface area contributed by atoms with Crippen molar-refractivity contribution in [2.45, 2.75) is 25.3 Å². The van der Waals surface area contributed by atoms with Crippen molar-refractivity contribution in [3.05, 3.63) is 23.8 Å². The standard InChI is InChI=1S/C13H16BrNO3/c14-7-8-3-1-4-9(8)15-13(18)12-10(16)5-2-6-11(12)17/h2,5-6,8-9,16-17H,1,3-4,7H2,(H,15,18). The Bertz CT molecular complexity index is 430. The highest BCUT2D eigenvalue weighted by molar-refractivity contribution is 9.09. The first kappa shape index (κ1) is 13.2. The van der Waals surface area contributed by atoms with Crippen molar-refractivity contribution >= 4 is 21.8 Å². The molecule has 1 aliphatic rings. The van der Waals surface area contributed by atoms with Gasteiger partial charge in [0.1, 0.15) is 17.1 Å². The van der Waals surface area contributed by atoms with Gasteiger partial charge < -0.3 is 15.5 Å². The van der Waals surface area contributed by atoms with E-state index < -0.39 is 5.91 Å². The SMILES string of the molecule is O=C(NC1CCCC1CBr)c1c(O)cccc1O. The van der Waals surface area contributed by atoms with Gasteiger partial charge in [0.15, 0.2) is 0 Å². The number of carbonyl (C=O) groups excluding carboxylic acids is 1. The molecule has 1 amide bonds. The van der Waals surface area contributed by atoms with Gasteiger partial charge in [-0.2, -0.15) is 0 Å². The molecule has 2 unspecified atom stereocenters. The summed E-state index contributed by atoms with van der Waals surface area (Å²) in [4.78, 5) is 12.1. The lowest BCUT2D eigenvalue weighted by atomic mass is 10.1. The second-order valence-electron chi connectivity index (χ2n) is 4.60. The molecule has 1 aromatic carbocycles. The Hall–Kier alpha value is -1.23. The van der Waals surface area contributed by atoms with Gasteiger partial charge in [-0.05, 0) is 30.9 Å². The summed E-state index contributed by atoms with van der Waals surface area (Å²) in [5.41, 5.74) is -0.0438. The topological polar surface area (TPSA) is 69.6 Å². The zero-order valence-corrected chi connectivity index (χ0v) is 11.5. The molecule has 18 heavy (non-hydrogen) atoms. The molecule has 0 aliphatic heterocycles. The molecular weight excluding hydrogens is 298 g/mol. The third-order valence-electron chi connectivity index (χ3n) is 3.42. The maximum atomic E-state index is 12.1. The molecule has 1 fully saturated rings. The molecule has 3 N–H and O–H groups in total. The minimum atomic E-state index is -0.413. The van der Waals surface area contributed by atoms with E-state index in [0.29, 0.717) is 5.92 Å². The first-order valence-corrected chi connectivity index (χ1v) is 7.13. The number of alkyl halides is 1. The van der Waals surface area contributed by atoms with Crippen molar-refractivity contribution in [2.24, 2.45) is 5.92 Å². The Morgan fingerprint density at radius 2 is 2.00 bits per heavy atom. The Balaban J connectivity index is 2.12. The molecule has 1 aromatic rings. The van der Waals surface area contributed by atoms with E-state index >= 15 is 0 Å². The molecule has 0 heterocycles. The van der Waals surface area contributed by atoms with Gasteiger partial charge in [0.2, 0.25) is 0 Å². The minimum Gasteiger partial charge on any atom is -0.507 e. The summed E-state index contributed by atoms with van der Waals surface area (Å²) in [6, 6.07) is 4.39. The van der Waals surface area contributed by atoms with Gasteiger partial charge in [0, 0.05) is 11.4 Å². The average Bonchev–Trinajstić information content (AvgIpc) is 2.76. The van der Waals surface area contributed by atoms with Crippen LogP contribution in [0.5, 0.6) is 11.5 Å². The van der Waals surface area contributed by atoms with E-state index in [9.17, 15) is 15.0 Å². The fourth-order valence-corrected chi connectivity index (χ4v) is 3.19. The van der Waals surface area contributed by atoms with Crippen LogP contribution in [0.2, 0.25) is 0 Å². The second kappa shape index (κ2) is 5.61. The van der Waals surface area contributed by atoms with E-state index in [0.717, 1.165) is 24.6 Å². The van der Waals surface area contributed by atoms with Crippen LogP contribution in [0.4, 0.5) is 0 Å². The summed E-state index contributed by atoms with van der Waals surface area (Å²) in [6.07, 6.45) is 3.12. The molecule has 4 nitrogen and oxygen atoms in total. The van der Waals surface area contributed by atoms with Crippen molar-refractivity contribution in [1.82, 2.24) is 5.32 Å². The molecule has 5 heteroatoms. The number of hydrogen-bond acceptors (Lipinski definition) is 3. The predicted molar refractivity (Wildman–Crippen MR) is 72.2 cm³/mol. The number of halogens is 1. The summed E-state index contributed by atoms with van der Waals surface area (Å²) in [7, 11) is 0. The second-order valence-corrected chi connectivity index (χ2v) is 5.24. The summed E-state index contributed by atoms with van der Waals surface area (Å²) < 4.78 is 0. The van der Waals surface area contributed by atoms with Crippen LogP contribution in [0, 0.1) is 5.92 Å². The van der Waals surface area contributed by atoms with E-state index in [1.54, 1.807) is 0 Å². The van der Waals surface area contributed by atoms with Crippen LogP contribution in [0.1, 0.15) is 29.6 Å². The molecule has 2 atom stereocenters. The van der Waals surface area contributed by atoms with Crippen LogP contribution in [0.25, 0.3) is 0 Å². The van der Waals surface area contributed by atoms with E-state index in [1.807, 2.05) is 0 Å². The van der Waals surface area contributed by atoms with Gasteiger partial charge in [0.25, 0.3) is 5.91 Å². The maximum Gasteiger partial charge on any atom is 0.259 e. The summed E-state index contributed by atoms with van der Waals surface area (Å²) >= 11 is 3.44. The first-order chi connectivity index (χ1) is 8.63. The number of amides is 1. The average molecular weight is 314 g/mol. The van der Waals surface area contributed by atoms with Crippen LogP contribution in [0.15, 0.2) is 18.2 Å². The number of phenols is 2. The highest BCUT2D eigenvalue weighted by Crippen LogP contribution is 2.30. The van der Waals surface area contributed by atoms with Gasteiger partial charge in [-0.25, -0.2) is 0 Å². The molecule has 0 radical (unpaired) electrons. The van der Waals surface area contributed by atoms with Crippen LogP contribution in [0.3, 0.4) is 0 Å². The summed E-state index contributed by atoms with van der Waals surface area (Å²) in [5, 5.41) is 23.0. The van der Waals surface area contributed by atoms with Gasteiger partial charge in [0.05, 0.1) is 0 Å². The van der Waals surface area contributed by atoms with Gasteiger partial charge in [-0.1, -0.05) is 28.4 Å². The number of hydrogen-bond donors (Lipinski definition) is 3. The minimum absolute atomic E-state index is 0.0438. The quantitative estimate of drug-likeness (QED) is 0.750. The van der Waals surface area contributed by atoms with Gasteiger partial charge >= 0.3 is 0 Å². The van der Waals surface area contributed by atoms with Crippen molar-refractivity contribution in [2.75, 3.05) is 5.33 Å². The third kappa shape index (κ3) is 2.61. The van der Waals surface area contributed by atoms with Crippen LogP contribution in [-0.4, -0.2) is 27.5 Å². The number of phenolic OH excluding ortho intramolecular Hbond substituents is 2. The predicted octanol–water partition coefficient (Wildman–Crippen LogP) is 2.39. The number of rotatable bonds is 3. The highest BCUT2D eigenvalue weighted by atomic mass is 79.9. The molecular formula is C13H16BrNO3. The zero-order valence-electron chi connectivity index (χ0n) is 9.90. The fourth-order valence-electron chi connectivity index (χ4n) is 2.41. The third-order valence-corrected chi connectivity index (χ3v) is 4.25. The number of carbonyl (C=O) groups is 1. The van der Waals surface area contributed by atoms with Crippen LogP contribution in [-0.2, 0) is 0 Å². The van der Waals surface area contributed by atoms with Gasteiger partial charge in [-0.3, -0.25) is 4.79 Å². The first-order valence-electron chi connectivity index (χ1n) is 6.01. The smallest absolute Gasteiger partial charge is 0.259 e.